The van der Waals surface area contributed by atoms with Gasteiger partial charge in [-0.1, -0.05) is 67.1 Å². The van der Waals surface area contributed by atoms with Gasteiger partial charge in [-0.2, -0.15) is 5.10 Å². The van der Waals surface area contributed by atoms with Gasteiger partial charge in [0.2, 0.25) is 0 Å². The second-order valence-electron chi connectivity index (χ2n) is 8.58. The molecule has 7 nitrogen and oxygen atoms in total. The molecule has 0 heterocycles. The molecule has 0 spiro atoms. The molecule has 4 rings (SSSR count). The number of nitrogens with one attached hydrogen (secondary N) is 1. The number of carbonyl (C=O) groups excluding carboxylic acids is 1. The smallest absolute Gasteiger partial charge is 0.264 e. The van der Waals surface area contributed by atoms with Gasteiger partial charge in [0.25, 0.3) is 15.9 Å². The van der Waals surface area contributed by atoms with Gasteiger partial charge in [0.15, 0.2) is 0 Å². The van der Waals surface area contributed by atoms with E-state index in [4.69, 9.17) is 16.3 Å². The Labute approximate surface area is 233 Å². The van der Waals surface area contributed by atoms with Crippen LogP contribution in [0.15, 0.2) is 113 Å². The first-order chi connectivity index (χ1) is 18.9. The van der Waals surface area contributed by atoms with Crippen LogP contribution in [-0.4, -0.2) is 27.1 Å². The maximum absolute atomic E-state index is 13.5. The van der Waals surface area contributed by atoms with Gasteiger partial charge in [0.05, 0.1) is 16.8 Å². The minimum absolute atomic E-state index is 0.102. The Morgan fingerprint density at radius 3 is 2.28 bits per heavy atom. The summed E-state index contributed by atoms with van der Waals surface area (Å²) in [7, 11) is -3.99. The Bertz CT molecular complexity index is 1520. The monoisotopic (exact) mass is 561 g/mol. The van der Waals surface area contributed by atoms with Crippen molar-refractivity contribution in [2.24, 2.45) is 5.10 Å². The molecule has 4 aromatic rings. The maximum Gasteiger partial charge on any atom is 0.264 e. The van der Waals surface area contributed by atoms with E-state index < -0.39 is 22.5 Å². The van der Waals surface area contributed by atoms with Gasteiger partial charge in [-0.3, -0.25) is 9.10 Å². The number of carbonyl (C=O) groups is 1. The number of rotatable bonds is 11. The molecule has 39 heavy (non-hydrogen) atoms. The van der Waals surface area contributed by atoms with Crippen LogP contribution in [0.5, 0.6) is 5.75 Å². The Balaban J connectivity index is 1.41. The van der Waals surface area contributed by atoms with Gasteiger partial charge >= 0.3 is 0 Å². The van der Waals surface area contributed by atoms with Crippen molar-refractivity contribution in [2.75, 3.05) is 10.8 Å². The highest BCUT2D eigenvalue weighted by atomic mass is 35.5. The van der Waals surface area contributed by atoms with E-state index in [0.29, 0.717) is 29.5 Å². The molecular formula is C30H28ClN3O4S. The standard InChI is InChI=1S/C30H28ClN3O4S/c1-2-25-8-6-7-11-29(25)34(39(36,37)28-9-4-3-5-10-28)21-30(35)33-32-20-23-14-18-27(19-15-23)38-22-24-12-16-26(31)17-13-24/h3-20H,2,21-22H2,1H3,(H,33,35)/b32-20-. The lowest BCUT2D eigenvalue weighted by atomic mass is 10.1. The SMILES string of the molecule is CCc1ccccc1N(CC(=O)N/N=C\c1ccc(OCc2ccc(Cl)cc2)cc1)S(=O)(=O)c1ccccc1. The van der Waals surface area contributed by atoms with Crippen molar-refractivity contribution in [3.8, 4) is 5.75 Å². The Hall–Kier alpha value is -4.14. The average Bonchev–Trinajstić information content (AvgIpc) is 2.96. The first-order valence-electron chi connectivity index (χ1n) is 12.3. The van der Waals surface area contributed by atoms with E-state index in [9.17, 15) is 13.2 Å². The first-order valence-corrected chi connectivity index (χ1v) is 14.1. The summed E-state index contributed by atoms with van der Waals surface area (Å²) in [5.41, 5.74) is 5.44. The summed E-state index contributed by atoms with van der Waals surface area (Å²) < 4.78 is 33.9. The number of para-hydroxylation sites is 1. The highest BCUT2D eigenvalue weighted by Crippen LogP contribution is 2.27. The molecule has 0 radical (unpaired) electrons. The van der Waals surface area contributed by atoms with Crippen molar-refractivity contribution in [3.63, 3.8) is 0 Å². The van der Waals surface area contributed by atoms with Crippen LogP contribution in [0, 0.1) is 0 Å². The van der Waals surface area contributed by atoms with Crippen molar-refractivity contribution in [3.05, 3.63) is 125 Å². The predicted molar refractivity (Wildman–Crippen MR) is 155 cm³/mol. The van der Waals surface area contributed by atoms with Gasteiger partial charge in [-0.05, 0) is 77.7 Å². The molecule has 4 aromatic carbocycles. The molecule has 0 aliphatic carbocycles. The molecule has 0 unspecified atom stereocenters. The van der Waals surface area contributed by atoms with E-state index in [0.717, 1.165) is 21.0 Å². The van der Waals surface area contributed by atoms with Gasteiger partial charge in [-0.25, -0.2) is 13.8 Å². The van der Waals surface area contributed by atoms with Crippen molar-refractivity contribution in [2.45, 2.75) is 24.8 Å². The van der Waals surface area contributed by atoms with Crippen molar-refractivity contribution < 1.29 is 17.9 Å². The normalized spacial score (nSPS) is 11.3. The number of hydrazone groups is 1. The Morgan fingerprint density at radius 2 is 1.59 bits per heavy atom. The summed E-state index contributed by atoms with van der Waals surface area (Å²) in [6, 6.07) is 29.8. The maximum atomic E-state index is 13.5. The van der Waals surface area contributed by atoms with Crippen LogP contribution in [0.2, 0.25) is 5.02 Å². The Morgan fingerprint density at radius 1 is 0.923 bits per heavy atom. The number of hydrogen-bond acceptors (Lipinski definition) is 5. The van der Waals surface area contributed by atoms with E-state index in [1.54, 1.807) is 54.6 Å². The molecule has 0 aliphatic rings. The number of nitrogens with zero attached hydrogens (tertiary/aromatic N) is 2. The van der Waals surface area contributed by atoms with Crippen molar-refractivity contribution >= 4 is 39.4 Å². The fourth-order valence-corrected chi connectivity index (χ4v) is 5.42. The number of hydrogen-bond donors (Lipinski definition) is 1. The molecular weight excluding hydrogens is 534 g/mol. The zero-order chi connectivity index (χ0) is 27.7. The molecule has 0 saturated carbocycles. The predicted octanol–water partition coefficient (Wildman–Crippen LogP) is 5.83. The van der Waals surface area contributed by atoms with Crippen LogP contribution in [0.4, 0.5) is 5.69 Å². The summed E-state index contributed by atoms with van der Waals surface area (Å²) >= 11 is 5.91. The fourth-order valence-electron chi connectivity index (χ4n) is 3.81. The van der Waals surface area contributed by atoms with Crippen molar-refractivity contribution in [1.82, 2.24) is 5.43 Å². The third-order valence-electron chi connectivity index (χ3n) is 5.86. The minimum atomic E-state index is -3.99. The lowest BCUT2D eigenvalue weighted by Crippen LogP contribution is -2.40. The number of amides is 1. The fraction of sp³-hybridized carbons (Fsp3) is 0.133. The summed E-state index contributed by atoms with van der Waals surface area (Å²) in [5.74, 6) is 0.113. The molecule has 0 fully saturated rings. The van der Waals surface area contributed by atoms with Crippen LogP contribution in [0.3, 0.4) is 0 Å². The number of halogens is 1. The number of aryl methyl sites for hydroxylation is 1. The topological polar surface area (TPSA) is 88.1 Å². The van der Waals surface area contributed by atoms with Crippen LogP contribution >= 0.6 is 11.6 Å². The quantitative estimate of drug-likeness (QED) is 0.184. The number of ether oxygens (including phenoxy) is 1. The molecule has 0 bridgehead atoms. The second-order valence-corrected chi connectivity index (χ2v) is 10.9. The summed E-state index contributed by atoms with van der Waals surface area (Å²) in [6.45, 7) is 1.91. The van der Waals surface area contributed by atoms with E-state index in [2.05, 4.69) is 10.5 Å². The molecule has 0 saturated heterocycles. The van der Waals surface area contributed by atoms with E-state index in [1.807, 2.05) is 43.3 Å². The lowest BCUT2D eigenvalue weighted by molar-refractivity contribution is -0.119. The number of anilines is 1. The molecule has 1 N–H and O–H groups in total. The summed E-state index contributed by atoms with van der Waals surface area (Å²) in [4.78, 5) is 12.9. The van der Waals surface area contributed by atoms with E-state index in [-0.39, 0.29) is 4.90 Å². The van der Waals surface area contributed by atoms with Gasteiger partial charge in [-0.15, -0.1) is 0 Å². The van der Waals surface area contributed by atoms with Crippen LogP contribution in [0.25, 0.3) is 0 Å². The molecule has 9 heteroatoms. The largest absolute Gasteiger partial charge is 0.489 e. The van der Waals surface area contributed by atoms with Crippen LogP contribution in [0.1, 0.15) is 23.6 Å². The van der Waals surface area contributed by atoms with Gasteiger partial charge in [0, 0.05) is 5.02 Å². The molecule has 1 amide bonds. The van der Waals surface area contributed by atoms with Crippen LogP contribution in [-0.2, 0) is 27.8 Å². The van der Waals surface area contributed by atoms with Gasteiger partial charge in [0.1, 0.15) is 18.9 Å². The molecule has 0 aromatic heterocycles. The molecule has 200 valence electrons. The molecule has 0 atom stereocenters. The summed E-state index contributed by atoms with van der Waals surface area (Å²) in [6.07, 6.45) is 2.09. The van der Waals surface area contributed by atoms with E-state index >= 15 is 0 Å². The zero-order valence-corrected chi connectivity index (χ0v) is 22.9. The number of benzene rings is 4. The number of sulfonamides is 1. The van der Waals surface area contributed by atoms with Crippen molar-refractivity contribution in [1.29, 1.82) is 0 Å². The summed E-state index contributed by atoms with van der Waals surface area (Å²) in [5, 5.41) is 4.69. The van der Waals surface area contributed by atoms with Crippen LogP contribution < -0.4 is 14.5 Å². The van der Waals surface area contributed by atoms with Gasteiger partial charge < -0.3 is 4.74 Å². The third-order valence-corrected chi connectivity index (χ3v) is 7.89. The average molecular weight is 562 g/mol. The Kier molecular flexibility index (Phi) is 9.35. The molecule has 0 aliphatic heterocycles. The second kappa shape index (κ2) is 13.1. The van der Waals surface area contributed by atoms with E-state index in [1.165, 1.54) is 18.3 Å². The first kappa shape index (κ1) is 27.9. The minimum Gasteiger partial charge on any atom is -0.489 e. The highest BCUT2D eigenvalue weighted by Gasteiger charge is 2.28. The lowest BCUT2D eigenvalue weighted by Gasteiger charge is -2.25. The zero-order valence-electron chi connectivity index (χ0n) is 21.3. The third kappa shape index (κ3) is 7.46. The highest BCUT2D eigenvalue weighted by molar-refractivity contribution is 7.92.